The first-order valence-electron chi connectivity index (χ1n) is 7.93. The molecule has 1 aromatic carbocycles. The standard InChI is InChI=1S/C19H20N4O2/c1-4-25-19(24)14-5-7-17(8-6-14)23-12-16(11-22(2)3)18(13-23)15(9-20)10-21/h5-8,11H,4,12-13H2,1-3H3/b16-11+. The topological polar surface area (TPSA) is 80.4 Å². The fraction of sp³-hybridized carbons (Fsp3) is 0.316. The summed E-state index contributed by atoms with van der Waals surface area (Å²) in [5.74, 6) is -0.347. The predicted molar refractivity (Wildman–Crippen MR) is 94.6 cm³/mol. The van der Waals surface area contributed by atoms with E-state index in [9.17, 15) is 15.3 Å². The van der Waals surface area contributed by atoms with Gasteiger partial charge in [0.15, 0.2) is 0 Å². The van der Waals surface area contributed by atoms with Crippen LogP contribution in [0.2, 0.25) is 0 Å². The van der Waals surface area contributed by atoms with E-state index in [1.54, 1.807) is 19.1 Å². The summed E-state index contributed by atoms with van der Waals surface area (Å²) in [7, 11) is 3.81. The van der Waals surface area contributed by atoms with E-state index < -0.39 is 0 Å². The lowest BCUT2D eigenvalue weighted by molar-refractivity contribution is 0.0526. The number of hydrogen-bond donors (Lipinski definition) is 0. The minimum Gasteiger partial charge on any atom is -0.462 e. The second-order valence-electron chi connectivity index (χ2n) is 5.82. The summed E-state index contributed by atoms with van der Waals surface area (Å²) >= 11 is 0. The van der Waals surface area contributed by atoms with Crippen molar-refractivity contribution in [2.45, 2.75) is 6.92 Å². The molecule has 0 aromatic heterocycles. The van der Waals surface area contributed by atoms with Crippen LogP contribution >= 0.6 is 0 Å². The third-order valence-electron chi connectivity index (χ3n) is 3.78. The number of nitriles is 2. The van der Waals surface area contributed by atoms with Crippen LogP contribution in [0, 0.1) is 22.7 Å². The summed E-state index contributed by atoms with van der Waals surface area (Å²) in [6.07, 6.45) is 1.93. The highest BCUT2D eigenvalue weighted by molar-refractivity contribution is 5.89. The first-order chi connectivity index (χ1) is 12.0. The van der Waals surface area contributed by atoms with Crippen LogP contribution in [0.3, 0.4) is 0 Å². The number of rotatable bonds is 4. The van der Waals surface area contributed by atoms with Crippen molar-refractivity contribution in [1.82, 2.24) is 4.90 Å². The van der Waals surface area contributed by atoms with Crippen molar-refractivity contribution in [2.75, 3.05) is 38.7 Å². The Morgan fingerprint density at radius 3 is 2.40 bits per heavy atom. The van der Waals surface area contributed by atoms with Gasteiger partial charge in [-0.1, -0.05) is 0 Å². The van der Waals surface area contributed by atoms with Crippen molar-refractivity contribution in [3.63, 3.8) is 0 Å². The van der Waals surface area contributed by atoms with Gasteiger partial charge in [-0.2, -0.15) is 10.5 Å². The Kier molecular flexibility index (Phi) is 5.81. The van der Waals surface area contributed by atoms with Crippen molar-refractivity contribution in [3.05, 3.63) is 52.7 Å². The van der Waals surface area contributed by atoms with Gasteiger partial charge in [-0.3, -0.25) is 0 Å². The lowest BCUT2D eigenvalue weighted by atomic mass is 10.1. The Balaban J connectivity index is 2.30. The van der Waals surface area contributed by atoms with E-state index in [1.165, 1.54) is 0 Å². The van der Waals surface area contributed by atoms with E-state index in [-0.39, 0.29) is 11.5 Å². The van der Waals surface area contributed by atoms with Gasteiger partial charge in [0.05, 0.1) is 12.2 Å². The van der Waals surface area contributed by atoms with Crippen molar-refractivity contribution in [3.8, 4) is 12.1 Å². The molecular weight excluding hydrogens is 316 g/mol. The molecule has 1 aromatic rings. The zero-order valence-electron chi connectivity index (χ0n) is 14.6. The van der Waals surface area contributed by atoms with Crippen LogP contribution in [0.25, 0.3) is 0 Å². The van der Waals surface area contributed by atoms with Crippen LogP contribution < -0.4 is 4.90 Å². The molecule has 0 aliphatic carbocycles. The quantitative estimate of drug-likeness (QED) is 0.621. The van der Waals surface area contributed by atoms with Crippen molar-refractivity contribution in [1.29, 1.82) is 10.5 Å². The zero-order valence-corrected chi connectivity index (χ0v) is 14.6. The predicted octanol–water partition coefficient (Wildman–Crippen LogP) is 2.47. The molecule has 1 aliphatic rings. The van der Waals surface area contributed by atoms with Crippen LogP contribution in [-0.2, 0) is 4.74 Å². The third-order valence-corrected chi connectivity index (χ3v) is 3.78. The van der Waals surface area contributed by atoms with Crippen molar-refractivity contribution < 1.29 is 9.53 Å². The maximum absolute atomic E-state index is 11.7. The first kappa shape index (κ1) is 18.1. The smallest absolute Gasteiger partial charge is 0.338 e. The van der Waals surface area contributed by atoms with Gasteiger partial charge in [-0.05, 0) is 36.8 Å². The molecule has 2 rings (SSSR count). The molecule has 0 unspecified atom stereocenters. The molecule has 0 N–H and O–H groups in total. The molecule has 0 radical (unpaired) electrons. The fourth-order valence-electron chi connectivity index (χ4n) is 2.68. The molecule has 25 heavy (non-hydrogen) atoms. The number of hydrogen-bond acceptors (Lipinski definition) is 6. The summed E-state index contributed by atoms with van der Waals surface area (Å²) < 4.78 is 4.98. The molecule has 0 spiro atoms. The lowest BCUT2D eigenvalue weighted by Crippen LogP contribution is -2.18. The zero-order chi connectivity index (χ0) is 18.4. The molecule has 1 heterocycles. The number of carbonyl (C=O) groups excluding carboxylic acids is 1. The van der Waals surface area contributed by atoms with Crippen LogP contribution in [-0.4, -0.2) is 44.7 Å². The number of esters is 1. The number of anilines is 1. The number of benzene rings is 1. The average molecular weight is 336 g/mol. The molecule has 6 nitrogen and oxygen atoms in total. The van der Waals surface area contributed by atoms with E-state index >= 15 is 0 Å². The molecule has 0 amide bonds. The second kappa shape index (κ2) is 8.03. The Labute approximate surface area is 147 Å². The maximum atomic E-state index is 11.7. The first-order valence-corrected chi connectivity index (χ1v) is 7.93. The van der Waals surface area contributed by atoms with Crippen molar-refractivity contribution >= 4 is 11.7 Å². The molecule has 1 fully saturated rings. The Morgan fingerprint density at radius 1 is 1.24 bits per heavy atom. The highest BCUT2D eigenvalue weighted by atomic mass is 16.5. The highest BCUT2D eigenvalue weighted by Crippen LogP contribution is 2.29. The molecule has 6 heteroatoms. The Bertz CT molecular complexity index is 776. The van der Waals surface area contributed by atoms with Crippen molar-refractivity contribution in [2.24, 2.45) is 0 Å². The summed E-state index contributed by atoms with van der Waals surface area (Å²) in [5, 5.41) is 18.4. The number of nitrogens with zero attached hydrogens (tertiary/aromatic N) is 4. The Morgan fingerprint density at radius 2 is 1.88 bits per heavy atom. The number of allylic oxidation sites excluding steroid dienone is 1. The summed E-state index contributed by atoms with van der Waals surface area (Å²) in [6, 6.07) is 11.1. The normalized spacial score (nSPS) is 14.8. The van der Waals surface area contributed by atoms with Crippen LogP contribution in [0.4, 0.5) is 5.69 Å². The molecule has 0 bridgehead atoms. The van der Waals surface area contributed by atoms with Gasteiger partial charge in [0, 0.05) is 44.6 Å². The van der Waals surface area contributed by atoms with Gasteiger partial charge in [0.2, 0.25) is 0 Å². The van der Waals surface area contributed by atoms with E-state index in [1.807, 2.05) is 49.5 Å². The molecular formula is C19H20N4O2. The van der Waals surface area contributed by atoms with Gasteiger partial charge in [-0.25, -0.2) is 4.79 Å². The summed E-state index contributed by atoms with van der Waals surface area (Å²) in [4.78, 5) is 15.7. The Hall–Kier alpha value is -3.25. The van der Waals surface area contributed by atoms with Gasteiger partial charge >= 0.3 is 5.97 Å². The number of carbonyl (C=O) groups is 1. The summed E-state index contributed by atoms with van der Waals surface area (Å²) in [6.45, 7) is 3.18. The third kappa shape index (κ3) is 4.19. The van der Waals surface area contributed by atoms with Gasteiger partial charge in [0.1, 0.15) is 17.7 Å². The second-order valence-corrected chi connectivity index (χ2v) is 5.82. The van der Waals surface area contributed by atoms with E-state index in [4.69, 9.17) is 4.74 Å². The SMILES string of the molecule is CCOC(=O)c1ccc(N2CC(=C(C#N)C#N)/C(=C/N(C)C)C2)cc1. The largest absolute Gasteiger partial charge is 0.462 e. The van der Waals surface area contributed by atoms with Gasteiger partial charge in [-0.15, -0.1) is 0 Å². The van der Waals surface area contributed by atoms with E-state index in [0.29, 0.717) is 25.3 Å². The van der Waals surface area contributed by atoms with Crippen LogP contribution in [0.1, 0.15) is 17.3 Å². The molecule has 0 saturated carbocycles. The van der Waals surface area contributed by atoms with Crippen LogP contribution in [0.15, 0.2) is 47.2 Å². The monoisotopic (exact) mass is 336 g/mol. The van der Waals surface area contributed by atoms with Crippen LogP contribution in [0.5, 0.6) is 0 Å². The molecule has 128 valence electrons. The lowest BCUT2D eigenvalue weighted by Gasteiger charge is -2.17. The fourth-order valence-corrected chi connectivity index (χ4v) is 2.68. The summed E-state index contributed by atoms with van der Waals surface area (Å²) in [5.41, 5.74) is 3.24. The average Bonchev–Trinajstić information content (AvgIpc) is 2.99. The molecule has 1 aliphatic heterocycles. The van der Waals surface area contributed by atoms with E-state index in [2.05, 4.69) is 4.90 Å². The minimum absolute atomic E-state index is 0.138. The number of ether oxygens (including phenoxy) is 1. The van der Waals surface area contributed by atoms with E-state index in [0.717, 1.165) is 16.8 Å². The van der Waals surface area contributed by atoms with Gasteiger partial charge < -0.3 is 14.5 Å². The van der Waals surface area contributed by atoms with Gasteiger partial charge in [0.25, 0.3) is 0 Å². The highest BCUT2D eigenvalue weighted by Gasteiger charge is 2.25. The molecule has 0 atom stereocenters. The molecule has 1 saturated heterocycles. The maximum Gasteiger partial charge on any atom is 0.338 e. The minimum atomic E-state index is -0.347.